The second kappa shape index (κ2) is 7.19. The van der Waals surface area contributed by atoms with Crippen LogP contribution in [0.3, 0.4) is 0 Å². The van der Waals surface area contributed by atoms with Gasteiger partial charge >= 0.3 is 6.18 Å². The Hall–Kier alpha value is -1.48. The second-order valence-corrected chi connectivity index (χ2v) is 6.60. The van der Waals surface area contributed by atoms with Gasteiger partial charge in [0.1, 0.15) is 0 Å². The summed E-state index contributed by atoms with van der Waals surface area (Å²) >= 11 is 0. The van der Waals surface area contributed by atoms with E-state index in [-0.39, 0.29) is 17.3 Å². The van der Waals surface area contributed by atoms with Crippen molar-refractivity contribution in [1.29, 1.82) is 0 Å². The molecule has 0 aliphatic rings. The van der Waals surface area contributed by atoms with E-state index in [0.29, 0.717) is 5.56 Å². The summed E-state index contributed by atoms with van der Waals surface area (Å²) in [6.07, 6.45) is -4.45. The van der Waals surface area contributed by atoms with Crippen molar-refractivity contribution in [3.05, 3.63) is 23.8 Å². The van der Waals surface area contributed by atoms with Crippen LogP contribution in [0, 0.1) is 0 Å². The largest absolute Gasteiger partial charge is 0.493 e. The lowest BCUT2D eigenvalue weighted by Crippen LogP contribution is -2.28. The number of sulfonamides is 1. The van der Waals surface area contributed by atoms with Crippen LogP contribution in [0.4, 0.5) is 13.2 Å². The average molecular weight is 341 g/mol. The smallest absolute Gasteiger partial charge is 0.422 e. The van der Waals surface area contributed by atoms with Gasteiger partial charge in [-0.2, -0.15) is 13.2 Å². The predicted octanol–water partition coefficient (Wildman–Crippen LogP) is 2.64. The number of methoxy groups -OCH3 is 1. The number of benzene rings is 1. The molecule has 1 aromatic rings. The maximum Gasteiger partial charge on any atom is 0.422 e. The standard InChI is InChI=1S/C13H18F3NO4S/c1-4-22(18,19)17-9(2)10-5-6-11(12(7-10)20-3)21-8-13(14,15)16/h5-7,9,17H,4,8H2,1-3H3/t9-/m0/s1. The van der Waals surface area contributed by atoms with Crippen LogP contribution in [0.5, 0.6) is 11.5 Å². The van der Waals surface area contributed by atoms with Gasteiger partial charge in [0.15, 0.2) is 18.1 Å². The highest BCUT2D eigenvalue weighted by molar-refractivity contribution is 7.89. The highest BCUT2D eigenvalue weighted by Crippen LogP contribution is 2.31. The molecule has 0 spiro atoms. The maximum absolute atomic E-state index is 12.2. The van der Waals surface area contributed by atoms with Gasteiger partial charge in [-0.25, -0.2) is 13.1 Å². The van der Waals surface area contributed by atoms with Crippen molar-refractivity contribution >= 4 is 10.0 Å². The highest BCUT2D eigenvalue weighted by Gasteiger charge is 2.29. The van der Waals surface area contributed by atoms with Gasteiger partial charge in [0, 0.05) is 6.04 Å². The van der Waals surface area contributed by atoms with E-state index >= 15 is 0 Å². The number of nitrogens with one attached hydrogen (secondary N) is 1. The van der Waals surface area contributed by atoms with Crippen LogP contribution < -0.4 is 14.2 Å². The van der Waals surface area contributed by atoms with Crippen molar-refractivity contribution in [2.45, 2.75) is 26.1 Å². The first-order valence-electron chi connectivity index (χ1n) is 6.45. The van der Waals surface area contributed by atoms with E-state index in [4.69, 9.17) is 4.74 Å². The van der Waals surface area contributed by atoms with E-state index in [1.165, 1.54) is 32.2 Å². The summed E-state index contributed by atoms with van der Waals surface area (Å²) in [5, 5.41) is 0. The Bertz CT molecular complexity index is 602. The number of rotatable bonds is 7. The Kier molecular flexibility index (Phi) is 6.07. The summed E-state index contributed by atoms with van der Waals surface area (Å²) in [5.41, 5.74) is 0.549. The number of ether oxygens (including phenoxy) is 2. The Morgan fingerprint density at radius 3 is 2.41 bits per heavy atom. The summed E-state index contributed by atoms with van der Waals surface area (Å²) in [7, 11) is -2.10. The summed E-state index contributed by atoms with van der Waals surface area (Å²) in [6.45, 7) is 1.70. The fourth-order valence-electron chi connectivity index (χ4n) is 1.65. The fraction of sp³-hybridized carbons (Fsp3) is 0.538. The average Bonchev–Trinajstić information content (AvgIpc) is 2.43. The summed E-state index contributed by atoms with van der Waals surface area (Å²) < 4.78 is 71.6. The molecule has 1 atom stereocenters. The second-order valence-electron chi connectivity index (χ2n) is 4.56. The molecule has 9 heteroatoms. The zero-order valence-electron chi connectivity index (χ0n) is 12.4. The van der Waals surface area contributed by atoms with E-state index in [1.807, 2.05) is 0 Å². The quantitative estimate of drug-likeness (QED) is 0.828. The topological polar surface area (TPSA) is 64.6 Å². The monoisotopic (exact) mass is 341 g/mol. The normalized spacial score (nSPS) is 13.7. The first kappa shape index (κ1) is 18.6. The molecule has 0 aliphatic heterocycles. The number of hydrogen-bond donors (Lipinski definition) is 1. The molecule has 0 amide bonds. The third kappa shape index (κ3) is 5.72. The molecule has 0 aromatic heterocycles. The van der Waals surface area contributed by atoms with Crippen molar-refractivity contribution in [3.8, 4) is 11.5 Å². The molecule has 0 saturated carbocycles. The van der Waals surface area contributed by atoms with E-state index in [2.05, 4.69) is 9.46 Å². The molecule has 0 aliphatic carbocycles. The summed E-state index contributed by atoms with van der Waals surface area (Å²) in [6, 6.07) is 3.69. The van der Waals surface area contributed by atoms with Gasteiger partial charge in [-0.15, -0.1) is 0 Å². The number of hydrogen-bond acceptors (Lipinski definition) is 4. The first-order chi connectivity index (χ1) is 10.1. The molecule has 0 saturated heterocycles. The minimum atomic E-state index is -4.45. The Labute approximate surface area is 127 Å². The molecule has 1 rings (SSSR count). The lowest BCUT2D eigenvalue weighted by atomic mass is 10.1. The highest BCUT2D eigenvalue weighted by atomic mass is 32.2. The van der Waals surface area contributed by atoms with Crippen molar-refractivity contribution < 1.29 is 31.1 Å². The molecule has 0 bridgehead atoms. The molecule has 22 heavy (non-hydrogen) atoms. The van der Waals surface area contributed by atoms with Crippen molar-refractivity contribution in [1.82, 2.24) is 4.72 Å². The van der Waals surface area contributed by atoms with Crippen LogP contribution in [0.2, 0.25) is 0 Å². The van der Waals surface area contributed by atoms with Gasteiger partial charge in [-0.1, -0.05) is 6.07 Å². The predicted molar refractivity (Wildman–Crippen MR) is 75.6 cm³/mol. The summed E-state index contributed by atoms with van der Waals surface area (Å²) in [4.78, 5) is 0. The van der Waals surface area contributed by atoms with Crippen molar-refractivity contribution in [2.75, 3.05) is 19.5 Å². The maximum atomic E-state index is 12.2. The molecule has 0 radical (unpaired) electrons. The van der Waals surface area contributed by atoms with Gasteiger partial charge in [-0.3, -0.25) is 0 Å². The van der Waals surface area contributed by atoms with Crippen LogP contribution >= 0.6 is 0 Å². The molecule has 0 unspecified atom stereocenters. The van der Waals surface area contributed by atoms with E-state index in [1.54, 1.807) is 6.92 Å². The lowest BCUT2D eigenvalue weighted by Gasteiger charge is -2.17. The van der Waals surface area contributed by atoms with Crippen LogP contribution in [0.15, 0.2) is 18.2 Å². The molecule has 0 fully saturated rings. The van der Waals surface area contributed by atoms with Gasteiger partial charge in [0.05, 0.1) is 12.9 Å². The van der Waals surface area contributed by atoms with E-state index < -0.39 is 28.8 Å². The van der Waals surface area contributed by atoms with Gasteiger partial charge in [0.2, 0.25) is 10.0 Å². The zero-order valence-corrected chi connectivity index (χ0v) is 13.2. The Morgan fingerprint density at radius 2 is 1.91 bits per heavy atom. The van der Waals surface area contributed by atoms with Gasteiger partial charge in [0.25, 0.3) is 0 Å². The van der Waals surface area contributed by atoms with Gasteiger partial charge in [-0.05, 0) is 31.5 Å². The minimum Gasteiger partial charge on any atom is -0.493 e. The molecule has 5 nitrogen and oxygen atoms in total. The third-order valence-electron chi connectivity index (χ3n) is 2.82. The third-order valence-corrected chi connectivity index (χ3v) is 4.29. The molecule has 126 valence electrons. The molecular weight excluding hydrogens is 323 g/mol. The van der Waals surface area contributed by atoms with Crippen molar-refractivity contribution in [2.24, 2.45) is 0 Å². The molecular formula is C13H18F3NO4S. The lowest BCUT2D eigenvalue weighted by molar-refractivity contribution is -0.153. The molecule has 0 heterocycles. The van der Waals surface area contributed by atoms with Crippen LogP contribution in [0.25, 0.3) is 0 Å². The zero-order chi connectivity index (χ0) is 17.0. The van der Waals surface area contributed by atoms with Gasteiger partial charge < -0.3 is 9.47 Å². The Morgan fingerprint density at radius 1 is 1.27 bits per heavy atom. The van der Waals surface area contributed by atoms with E-state index in [9.17, 15) is 21.6 Å². The Balaban J connectivity index is 2.92. The van der Waals surface area contributed by atoms with Crippen LogP contribution in [-0.4, -0.2) is 34.1 Å². The molecule has 1 aromatic carbocycles. The first-order valence-corrected chi connectivity index (χ1v) is 8.10. The number of alkyl halides is 3. The van der Waals surface area contributed by atoms with Crippen molar-refractivity contribution in [3.63, 3.8) is 0 Å². The minimum absolute atomic E-state index is 0.0610. The van der Waals surface area contributed by atoms with Crippen LogP contribution in [-0.2, 0) is 10.0 Å². The summed E-state index contributed by atoms with van der Waals surface area (Å²) in [5.74, 6) is -0.0280. The fourth-order valence-corrected chi connectivity index (χ4v) is 2.49. The van der Waals surface area contributed by atoms with Crippen LogP contribution in [0.1, 0.15) is 25.5 Å². The number of halogens is 3. The SMILES string of the molecule is CCS(=O)(=O)N[C@@H](C)c1ccc(OCC(F)(F)F)c(OC)c1. The van der Waals surface area contributed by atoms with E-state index in [0.717, 1.165) is 0 Å². The molecule has 1 N–H and O–H groups in total.